The smallest absolute Gasteiger partial charge is 0.122 e. The number of hydrogen-bond donors (Lipinski definition) is 1. The van der Waals surface area contributed by atoms with Gasteiger partial charge in [0.05, 0.1) is 7.11 Å². The third-order valence-electron chi connectivity index (χ3n) is 3.16. The molecule has 1 N–H and O–H groups in total. The Labute approximate surface area is 122 Å². The molecule has 108 valence electrons. The van der Waals surface area contributed by atoms with Gasteiger partial charge in [-0.15, -0.1) is 0 Å². The van der Waals surface area contributed by atoms with Crippen LogP contribution in [0.25, 0.3) is 0 Å². The van der Waals surface area contributed by atoms with E-state index in [0.717, 1.165) is 18.0 Å². The van der Waals surface area contributed by atoms with Crippen LogP contribution in [-0.4, -0.2) is 18.4 Å². The summed E-state index contributed by atoms with van der Waals surface area (Å²) >= 11 is 1.99. The van der Waals surface area contributed by atoms with E-state index >= 15 is 0 Å². The number of rotatable bonds is 8. The maximum atomic E-state index is 5.46. The van der Waals surface area contributed by atoms with Gasteiger partial charge >= 0.3 is 0 Å². The molecule has 0 aromatic heterocycles. The summed E-state index contributed by atoms with van der Waals surface area (Å²) < 4.78 is 5.46. The summed E-state index contributed by atoms with van der Waals surface area (Å²) in [5.74, 6) is 2.03. The quantitative estimate of drug-likeness (QED) is 0.770. The SMILES string of the molecule is CCC(C)SCc1cc(CNC(C)C)ccc1OC. The fourth-order valence-electron chi connectivity index (χ4n) is 1.73. The van der Waals surface area contributed by atoms with Gasteiger partial charge in [0.2, 0.25) is 0 Å². The summed E-state index contributed by atoms with van der Waals surface area (Å²) in [6.45, 7) is 9.77. The summed E-state index contributed by atoms with van der Waals surface area (Å²) in [4.78, 5) is 0. The summed E-state index contributed by atoms with van der Waals surface area (Å²) in [5.41, 5.74) is 2.63. The third-order valence-corrected chi connectivity index (χ3v) is 4.54. The highest BCUT2D eigenvalue weighted by atomic mass is 32.2. The van der Waals surface area contributed by atoms with Gasteiger partial charge in [-0.25, -0.2) is 0 Å². The van der Waals surface area contributed by atoms with Crippen molar-refractivity contribution in [3.05, 3.63) is 29.3 Å². The van der Waals surface area contributed by atoms with Crippen LogP contribution in [-0.2, 0) is 12.3 Å². The fraction of sp³-hybridized carbons (Fsp3) is 0.625. The Balaban J connectivity index is 2.72. The molecule has 0 saturated carbocycles. The molecule has 1 rings (SSSR count). The van der Waals surface area contributed by atoms with Gasteiger partial charge in [0, 0.05) is 29.2 Å². The van der Waals surface area contributed by atoms with E-state index in [1.54, 1.807) is 7.11 Å². The van der Waals surface area contributed by atoms with Gasteiger partial charge in [-0.05, 0) is 24.1 Å². The first-order chi connectivity index (χ1) is 9.06. The molecule has 19 heavy (non-hydrogen) atoms. The van der Waals surface area contributed by atoms with Crippen molar-refractivity contribution in [1.82, 2.24) is 5.32 Å². The molecule has 0 fully saturated rings. The summed E-state index contributed by atoms with van der Waals surface area (Å²) in [5, 5.41) is 4.15. The monoisotopic (exact) mass is 281 g/mol. The van der Waals surface area contributed by atoms with Crippen LogP contribution in [0.4, 0.5) is 0 Å². The molecule has 1 aromatic rings. The number of hydrogen-bond acceptors (Lipinski definition) is 3. The Hall–Kier alpha value is -0.670. The van der Waals surface area contributed by atoms with Crippen LogP contribution in [0, 0.1) is 0 Å². The highest BCUT2D eigenvalue weighted by molar-refractivity contribution is 7.99. The minimum atomic E-state index is 0.514. The van der Waals surface area contributed by atoms with E-state index in [-0.39, 0.29) is 0 Å². The molecule has 3 heteroatoms. The second-order valence-electron chi connectivity index (χ2n) is 5.21. The topological polar surface area (TPSA) is 21.3 Å². The van der Waals surface area contributed by atoms with E-state index < -0.39 is 0 Å². The van der Waals surface area contributed by atoms with Crippen LogP contribution in [0.2, 0.25) is 0 Å². The van der Waals surface area contributed by atoms with Crippen molar-refractivity contribution in [2.75, 3.05) is 7.11 Å². The predicted octanol–water partition coefficient (Wildman–Crippen LogP) is 4.22. The van der Waals surface area contributed by atoms with Crippen molar-refractivity contribution < 1.29 is 4.74 Å². The number of thioether (sulfide) groups is 1. The molecule has 0 spiro atoms. The van der Waals surface area contributed by atoms with Gasteiger partial charge in [-0.1, -0.05) is 33.8 Å². The van der Waals surface area contributed by atoms with Crippen LogP contribution < -0.4 is 10.1 Å². The van der Waals surface area contributed by atoms with Crippen molar-refractivity contribution in [3.63, 3.8) is 0 Å². The Morgan fingerprint density at radius 2 is 2.00 bits per heavy atom. The molecule has 1 unspecified atom stereocenters. The van der Waals surface area contributed by atoms with Crippen LogP contribution >= 0.6 is 11.8 Å². The molecular weight excluding hydrogens is 254 g/mol. The number of ether oxygens (including phenoxy) is 1. The predicted molar refractivity (Wildman–Crippen MR) is 86.0 cm³/mol. The average molecular weight is 281 g/mol. The molecule has 0 amide bonds. The maximum Gasteiger partial charge on any atom is 0.122 e. The van der Waals surface area contributed by atoms with Crippen LogP contribution in [0.5, 0.6) is 5.75 Å². The Morgan fingerprint density at radius 1 is 1.26 bits per heavy atom. The Kier molecular flexibility index (Phi) is 7.32. The zero-order chi connectivity index (χ0) is 14.3. The highest BCUT2D eigenvalue weighted by Gasteiger charge is 2.07. The zero-order valence-corrected chi connectivity index (χ0v) is 13.6. The van der Waals surface area contributed by atoms with Gasteiger partial charge in [0.25, 0.3) is 0 Å². The van der Waals surface area contributed by atoms with Gasteiger partial charge < -0.3 is 10.1 Å². The molecule has 1 atom stereocenters. The summed E-state index contributed by atoms with van der Waals surface area (Å²) in [7, 11) is 1.75. The summed E-state index contributed by atoms with van der Waals surface area (Å²) in [6, 6.07) is 7.01. The fourth-order valence-corrected chi connectivity index (χ4v) is 2.65. The van der Waals surface area contributed by atoms with Crippen molar-refractivity contribution in [3.8, 4) is 5.75 Å². The lowest BCUT2D eigenvalue weighted by Gasteiger charge is -2.14. The largest absolute Gasteiger partial charge is 0.496 e. The maximum absolute atomic E-state index is 5.46. The van der Waals surface area contributed by atoms with Crippen molar-refractivity contribution >= 4 is 11.8 Å². The molecule has 0 heterocycles. The molecule has 2 nitrogen and oxygen atoms in total. The van der Waals surface area contributed by atoms with Crippen LogP contribution in [0.15, 0.2) is 18.2 Å². The molecule has 0 saturated heterocycles. The second kappa shape index (κ2) is 8.49. The van der Waals surface area contributed by atoms with E-state index in [2.05, 4.69) is 51.2 Å². The van der Waals surface area contributed by atoms with Gasteiger partial charge in [-0.2, -0.15) is 11.8 Å². The van der Waals surface area contributed by atoms with Gasteiger partial charge in [-0.3, -0.25) is 0 Å². The minimum absolute atomic E-state index is 0.514. The molecular formula is C16H27NOS. The van der Waals surface area contributed by atoms with E-state index in [9.17, 15) is 0 Å². The number of nitrogens with one attached hydrogen (secondary N) is 1. The third kappa shape index (κ3) is 5.87. The number of benzene rings is 1. The Morgan fingerprint density at radius 3 is 2.58 bits per heavy atom. The van der Waals surface area contributed by atoms with E-state index in [1.807, 2.05) is 11.8 Å². The first-order valence-corrected chi connectivity index (χ1v) is 8.12. The van der Waals surface area contributed by atoms with Crippen molar-refractivity contribution in [2.45, 2.75) is 57.7 Å². The molecule has 1 aromatic carbocycles. The van der Waals surface area contributed by atoms with E-state index in [4.69, 9.17) is 4.74 Å². The van der Waals surface area contributed by atoms with Crippen molar-refractivity contribution in [2.24, 2.45) is 0 Å². The first kappa shape index (κ1) is 16.4. The minimum Gasteiger partial charge on any atom is -0.496 e. The molecule has 0 radical (unpaired) electrons. The lowest BCUT2D eigenvalue weighted by atomic mass is 10.1. The lowest BCUT2D eigenvalue weighted by molar-refractivity contribution is 0.411. The lowest BCUT2D eigenvalue weighted by Crippen LogP contribution is -2.21. The zero-order valence-electron chi connectivity index (χ0n) is 12.8. The molecule has 0 aliphatic heterocycles. The van der Waals surface area contributed by atoms with Gasteiger partial charge in [0.15, 0.2) is 0 Å². The van der Waals surface area contributed by atoms with Crippen molar-refractivity contribution in [1.29, 1.82) is 0 Å². The van der Waals surface area contributed by atoms with Crippen LogP contribution in [0.3, 0.4) is 0 Å². The van der Waals surface area contributed by atoms with Gasteiger partial charge in [0.1, 0.15) is 5.75 Å². The first-order valence-electron chi connectivity index (χ1n) is 7.07. The van der Waals surface area contributed by atoms with Crippen LogP contribution in [0.1, 0.15) is 45.2 Å². The highest BCUT2D eigenvalue weighted by Crippen LogP contribution is 2.27. The average Bonchev–Trinajstić information content (AvgIpc) is 2.42. The molecule has 0 aliphatic rings. The molecule has 0 aliphatic carbocycles. The standard InChI is InChI=1S/C16H27NOS/c1-6-13(4)19-11-15-9-14(10-17-12(2)3)7-8-16(15)18-5/h7-9,12-13,17H,6,10-11H2,1-5H3. The molecule has 0 bridgehead atoms. The summed E-state index contributed by atoms with van der Waals surface area (Å²) in [6.07, 6.45) is 1.21. The Bertz CT molecular complexity index is 379. The van der Waals surface area contributed by atoms with E-state index in [0.29, 0.717) is 11.3 Å². The van der Waals surface area contributed by atoms with E-state index in [1.165, 1.54) is 17.5 Å². The normalized spacial score (nSPS) is 12.7. The second-order valence-corrected chi connectivity index (χ2v) is 6.64. The number of methoxy groups -OCH3 is 1.